The van der Waals surface area contributed by atoms with Crippen LogP contribution in [0.25, 0.3) is 0 Å². The zero-order chi connectivity index (χ0) is 17.7. The Bertz CT molecular complexity index is 747. The summed E-state index contributed by atoms with van der Waals surface area (Å²) in [6.45, 7) is 0. The Balaban J connectivity index is 2.19. The van der Waals surface area contributed by atoms with E-state index in [1.54, 1.807) is 12.1 Å². The zero-order valence-electron chi connectivity index (χ0n) is 12.7. The van der Waals surface area contributed by atoms with Crippen molar-refractivity contribution >= 4 is 66.3 Å². The molecule has 0 spiro atoms. The molecule has 0 aliphatic rings. The maximum Gasteiger partial charge on any atom is 0.328 e. The number of hydrogen-bond donors (Lipinski definition) is 1. The first-order valence-corrected chi connectivity index (χ1v) is 9.64. The van der Waals surface area contributed by atoms with Crippen molar-refractivity contribution in [1.82, 2.24) is 5.32 Å². The number of carbonyl (C=O) groups excluding carboxylic acids is 2. The summed E-state index contributed by atoms with van der Waals surface area (Å²) < 4.78 is 7.44. The predicted molar refractivity (Wildman–Crippen MR) is 108 cm³/mol. The molecule has 0 aromatic heterocycles. The Morgan fingerprint density at radius 3 is 2.42 bits per heavy atom. The molecule has 126 valence electrons. The number of rotatable bonds is 5. The van der Waals surface area contributed by atoms with E-state index in [2.05, 4.69) is 59.8 Å². The molecule has 0 bridgehead atoms. The number of esters is 1. The molecule has 1 atom stereocenters. The first-order valence-electron chi connectivity index (χ1n) is 6.98. The maximum absolute atomic E-state index is 12.5. The van der Waals surface area contributed by atoms with Gasteiger partial charge in [-0.05, 0) is 58.5 Å². The lowest BCUT2D eigenvalue weighted by atomic mass is 10.1. The van der Waals surface area contributed by atoms with Crippen LogP contribution < -0.4 is 5.32 Å². The van der Waals surface area contributed by atoms with Gasteiger partial charge in [-0.1, -0.05) is 44.0 Å². The van der Waals surface area contributed by atoms with Gasteiger partial charge in [-0.3, -0.25) is 4.79 Å². The molecular formula is C17H14Br2INO3. The van der Waals surface area contributed by atoms with Gasteiger partial charge in [0.15, 0.2) is 0 Å². The van der Waals surface area contributed by atoms with Gasteiger partial charge in [0.1, 0.15) is 6.04 Å². The van der Waals surface area contributed by atoms with Crippen molar-refractivity contribution in [3.05, 3.63) is 66.1 Å². The molecule has 0 fully saturated rings. The summed E-state index contributed by atoms with van der Waals surface area (Å²) in [6, 6.07) is 12.2. The number of carbonyl (C=O) groups is 2. The van der Waals surface area contributed by atoms with Crippen LogP contribution in [0.5, 0.6) is 0 Å². The normalized spacial score (nSPS) is 11.7. The van der Waals surface area contributed by atoms with E-state index in [4.69, 9.17) is 4.74 Å². The number of hydrogen-bond acceptors (Lipinski definition) is 3. The lowest BCUT2D eigenvalue weighted by Gasteiger charge is -2.17. The van der Waals surface area contributed by atoms with Gasteiger partial charge < -0.3 is 10.1 Å². The number of ether oxygens (including phenoxy) is 1. The van der Waals surface area contributed by atoms with Crippen LogP contribution in [0.1, 0.15) is 15.9 Å². The van der Waals surface area contributed by atoms with Gasteiger partial charge in [0.25, 0.3) is 5.91 Å². The Kier molecular flexibility index (Phi) is 7.24. The molecule has 1 amide bonds. The molecule has 2 aromatic rings. The highest BCUT2D eigenvalue weighted by molar-refractivity contribution is 14.1. The molecule has 2 aromatic carbocycles. The van der Waals surface area contributed by atoms with Crippen LogP contribution in [-0.2, 0) is 16.0 Å². The van der Waals surface area contributed by atoms with E-state index < -0.39 is 12.0 Å². The third-order valence-corrected chi connectivity index (χ3v) is 4.83. The second kappa shape index (κ2) is 8.96. The van der Waals surface area contributed by atoms with E-state index in [0.29, 0.717) is 12.0 Å². The summed E-state index contributed by atoms with van der Waals surface area (Å²) in [6.07, 6.45) is 0.366. The molecule has 0 saturated carbocycles. The van der Waals surface area contributed by atoms with Crippen molar-refractivity contribution in [3.8, 4) is 0 Å². The summed E-state index contributed by atoms with van der Waals surface area (Å²) in [7, 11) is 1.31. The van der Waals surface area contributed by atoms with Crippen molar-refractivity contribution in [1.29, 1.82) is 0 Å². The zero-order valence-corrected chi connectivity index (χ0v) is 18.0. The second-order valence-corrected chi connectivity index (χ2v) is 8.12. The fourth-order valence-corrected chi connectivity index (χ4v) is 4.06. The molecule has 2 rings (SSSR count). The van der Waals surface area contributed by atoms with Crippen LogP contribution in [-0.4, -0.2) is 25.0 Å². The van der Waals surface area contributed by atoms with Crippen LogP contribution >= 0.6 is 54.5 Å². The quantitative estimate of drug-likeness (QED) is 0.433. The van der Waals surface area contributed by atoms with Gasteiger partial charge in [0.2, 0.25) is 0 Å². The number of benzene rings is 2. The molecule has 1 N–H and O–H groups in total. The average molecular weight is 567 g/mol. The molecule has 0 radical (unpaired) electrons. The third-order valence-electron chi connectivity index (χ3n) is 3.24. The molecule has 4 nitrogen and oxygen atoms in total. The molecule has 0 heterocycles. The van der Waals surface area contributed by atoms with E-state index in [-0.39, 0.29) is 5.91 Å². The van der Waals surface area contributed by atoms with Crippen molar-refractivity contribution < 1.29 is 14.3 Å². The van der Waals surface area contributed by atoms with E-state index >= 15 is 0 Å². The second-order valence-electron chi connectivity index (χ2n) is 5.04. The number of amides is 1. The predicted octanol–water partition coefficient (Wildman–Crippen LogP) is 4.33. The first-order chi connectivity index (χ1) is 11.4. The smallest absolute Gasteiger partial charge is 0.328 e. The Hall–Kier alpha value is -0.930. The molecule has 0 unspecified atom stereocenters. The highest BCUT2D eigenvalue weighted by Gasteiger charge is 2.23. The van der Waals surface area contributed by atoms with Gasteiger partial charge in [-0.2, -0.15) is 0 Å². The topological polar surface area (TPSA) is 55.4 Å². The van der Waals surface area contributed by atoms with Crippen LogP contribution in [0.15, 0.2) is 51.4 Å². The van der Waals surface area contributed by atoms with Crippen LogP contribution in [0, 0.1) is 3.57 Å². The van der Waals surface area contributed by atoms with E-state index in [0.717, 1.165) is 18.1 Å². The number of methoxy groups -OCH3 is 1. The number of halogens is 3. The van der Waals surface area contributed by atoms with Crippen molar-refractivity contribution in [2.45, 2.75) is 12.5 Å². The Morgan fingerprint density at radius 2 is 1.83 bits per heavy atom. The molecule has 24 heavy (non-hydrogen) atoms. The SMILES string of the molecule is COC(=O)[C@@H](Cc1cccc(I)c1)NC(=O)c1cc(Br)cc(Br)c1. The molecular weight excluding hydrogens is 553 g/mol. The molecule has 0 saturated heterocycles. The van der Waals surface area contributed by atoms with Gasteiger partial charge >= 0.3 is 5.97 Å². The average Bonchev–Trinajstić information content (AvgIpc) is 2.52. The highest BCUT2D eigenvalue weighted by Crippen LogP contribution is 2.20. The maximum atomic E-state index is 12.5. The molecule has 7 heteroatoms. The summed E-state index contributed by atoms with van der Waals surface area (Å²) in [4.78, 5) is 24.5. The third kappa shape index (κ3) is 5.56. The summed E-state index contributed by atoms with van der Waals surface area (Å²) in [5.74, 6) is -0.811. The van der Waals surface area contributed by atoms with Gasteiger partial charge in [-0.25, -0.2) is 4.79 Å². The van der Waals surface area contributed by atoms with Gasteiger partial charge in [0.05, 0.1) is 7.11 Å². The number of nitrogens with one attached hydrogen (secondary N) is 1. The van der Waals surface area contributed by atoms with Crippen LogP contribution in [0.3, 0.4) is 0 Å². The van der Waals surface area contributed by atoms with Crippen molar-refractivity contribution in [2.75, 3.05) is 7.11 Å². The summed E-state index contributed by atoms with van der Waals surface area (Å²) >= 11 is 8.91. The van der Waals surface area contributed by atoms with Crippen LogP contribution in [0.2, 0.25) is 0 Å². The fraction of sp³-hybridized carbons (Fsp3) is 0.176. The minimum absolute atomic E-state index is 0.335. The van der Waals surface area contributed by atoms with E-state index in [9.17, 15) is 9.59 Å². The monoisotopic (exact) mass is 565 g/mol. The fourth-order valence-electron chi connectivity index (χ4n) is 2.16. The largest absolute Gasteiger partial charge is 0.467 e. The standard InChI is InChI=1S/C17H14Br2INO3/c1-24-17(23)15(6-10-3-2-4-14(20)5-10)21-16(22)11-7-12(18)9-13(19)8-11/h2-5,7-9,15H,6H2,1H3,(H,21,22)/t15-/m1/s1. The summed E-state index contributed by atoms with van der Waals surface area (Å²) in [5, 5.41) is 2.75. The van der Waals surface area contributed by atoms with E-state index in [1.807, 2.05) is 30.3 Å². The highest BCUT2D eigenvalue weighted by atomic mass is 127. The lowest BCUT2D eigenvalue weighted by Crippen LogP contribution is -2.43. The molecule has 0 aliphatic heterocycles. The Morgan fingerprint density at radius 1 is 1.17 bits per heavy atom. The first kappa shape index (κ1) is 19.4. The van der Waals surface area contributed by atoms with E-state index in [1.165, 1.54) is 7.11 Å². The minimum atomic E-state index is -0.751. The van der Waals surface area contributed by atoms with Crippen LogP contribution in [0.4, 0.5) is 0 Å². The van der Waals surface area contributed by atoms with Crippen molar-refractivity contribution in [3.63, 3.8) is 0 Å². The Labute approximate surface area is 170 Å². The summed E-state index contributed by atoms with van der Waals surface area (Å²) in [5.41, 5.74) is 1.40. The van der Waals surface area contributed by atoms with Gasteiger partial charge in [-0.15, -0.1) is 0 Å². The van der Waals surface area contributed by atoms with Crippen molar-refractivity contribution in [2.24, 2.45) is 0 Å². The minimum Gasteiger partial charge on any atom is -0.467 e. The molecule has 0 aliphatic carbocycles. The van der Waals surface area contributed by atoms with Gasteiger partial charge in [0, 0.05) is 24.5 Å². The lowest BCUT2D eigenvalue weighted by molar-refractivity contribution is -0.142.